The number of halogens is 2. The molecule has 0 saturated carbocycles. The van der Waals surface area contributed by atoms with Crippen molar-refractivity contribution < 1.29 is 4.39 Å². The SMILES string of the molecule is CC(C)NCC(Cc1ccc(Br)cc1F)C(C)C. The first kappa shape index (κ1) is 15.6. The first-order valence-electron chi connectivity index (χ1n) is 6.57. The van der Waals surface area contributed by atoms with Gasteiger partial charge in [-0.2, -0.15) is 0 Å². The van der Waals surface area contributed by atoms with E-state index in [-0.39, 0.29) is 5.82 Å². The fourth-order valence-corrected chi connectivity index (χ4v) is 2.23. The molecule has 0 aliphatic rings. The molecule has 3 heteroatoms. The molecule has 0 aromatic heterocycles. The van der Waals surface area contributed by atoms with E-state index in [0.717, 1.165) is 23.0 Å². The molecule has 0 radical (unpaired) electrons. The van der Waals surface area contributed by atoms with Crippen LogP contribution < -0.4 is 5.32 Å². The zero-order valence-corrected chi connectivity index (χ0v) is 13.2. The molecular formula is C15H23BrFN. The molecule has 0 heterocycles. The lowest BCUT2D eigenvalue weighted by atomic mass is 9.89. The van der Waals surface area contributed by atoms with E-state index < -0.39 is 0 Å². The highest BCUT2D eigenvalue weighted by molar-refractivity contribution is 9.10. The highest BCUT2D eigenvalue weighted by atomic mass is 79.9. The van der Waals surface area contributed by atoms with Crippen molar-refractivity contribution in [1.29, 1.82) is 0 Å². The molecule has 1 aromatic rings. The highest BCUT2D eigenvalue weighted by Crippen LogP contribution is 2.21. The van der Waals surface area contributed by atoms with Crippen molar-refractivity contribution in [3.05, 3.63) is 34.1 Å². The Hall–Kier alpha value is -0.410. The maximum absolute atomic E-state index is 13.8. The maximum atomic E-state index is 13.8. The third-order valence-electron chi connectivity index (χ3n) is 3.23. The third kappa shape index (κ3) is 5.07. The van der Waals surface area contributed by atoms with Gasteiger partial charge < -0.3 is 5.32 Å². The lowest BCUT2D eigenvalue weighted by Gasteiger charge is -2.23. The van der Waals surface area contributed by atoms with Crippen LogP contribution in [0, 0.1) is 17.7 Å². The summed E-state index contributed by atoms with van der Waals surface area (Å²) in [5.74, 6) is 0.891. The standard InChI is InChI=1S/C15H23BrFN/c1-10(2)13(9-18-11(3)4)7-12-5-6-14(16)8-15(12)17/h5-6,8,10-11,13,18H,7,9H2,1-4H3. The summed E-state index contributed by atoms with van der Waals surface area (Å²) in [5, 5.41) is 3.45. The van der Waals surface area contributed by atoms with E-state index in [4.69, 9.17) is 0 Å². The smallest absolute Gasteiger partial charge is 0.127 e. The molecule has 1 N–H and O–H groups in total. The predicted molar refractivity (Wildman–Crippen MR) is 79.3 cm³/mol. The van der Waals surface area contributed by atoms with E-state index in [9.17, 15) is 4.39 Å². The van der Waals surface area contributed by atoms with Gasteiger partial charge in [-0.15, -0.1) is 0 Å². The van der Waals surface area contributed by atoms with Crippen molar-refractivity contribution in [2.24, 2.45) is 11.8 Å². The maximum Gasteiger partial charge on any atom is 0.127 e. The molecule has 0 fully saturated rings. The molecule has 1 nitrogen and oxygen atoms in total. The van der Waals surface area contributed by atoms with Gasteiger partial charge in [0, 0.05) is 10.5 Å². The molecule has 18 heavy (non-hydrogen) atoms. The molecule has 0 amide bonds. The zero-order chi connectivity index (χ0) is 13.7. The average molecular weight is 316 g/mol. The Morgan fingerprint density at radius 1 is 1.22 bits per heavy atom. The summed E-state index contributed by atoms with van der Waals surface area (Å²) in [6.45, 7) is 9.60. The number of rotatable bonds is 6. The largest absolute Gasteiger partial charge is 0.314 e. The lowest BCUT2D eigenvalue weighted by Crippen LogP contribution is -2.32. The van der Waals surface area contributed by atoms with Crippen molar-refractivity contribution in [2.75, 3.05) is 6.54 Å². The quantitative estimate of drug-likeness (QED) is 0.820. The van der Waals surface area contributed by atoms with Gasteiger partial charge >= 0.3 is 0 Å². The van der Waals surface area contributed by atoms with E-state index >= 15 is 0 Å². The fraction of sp³-hybridized carbons (Fsp3) is 0.600. The molecule has 0 bridgehead atoms. The van der Waals surface area contributed by atoms with Crippen LogP contribution >= 0.6 is 15.9 Å². The molecule has 0 aliphatic heterocycles. The van der Waals surface area contributed by atoms with Crippen molar-refractivity contribution >= 4 is 15.9 Å². The first-order chi connectivity index (χ1) is 8.40. The Balaban J connectivity index is 2.70. The van der Waals surface area contributed by atoms with Gasteiger partial charge in [-0.3, -0.25) is 0 Å². The second-order valence-electron chi connectivity index (χ2n) is 5.51. The average Bonchev–Trinajstić information content (AvgIpc) is 2.26. The van der Waals surface area contributed by atoms with Gasteiger partial charge in [0.05, 0.1) is 0 Å². The zero-order valence-electron chi connectivity index (χ0n) is 11.6. The minimum absolute atomic E-state index is 0.112. The topological polar surface area (TPSA) is 12.0 Å². The molecule has 102 valence electrons. The number of benzene rings is 1. The summed E-state index contributed by atoms with van der Waals surface area (Å²) in [5.41, 5.74) is 0.808. The van der Waals surface area contributed by atoms with Crippen molar-refractivity contribution in [3.63, 3.8) is 0 Å². The number of hydrogen-bond acceptors (Lipinski definition) is 1. The highest BCUT2D eigenvalue weighted by Gasteiger charge is 2.16. The van der Waals surface area contributed by atoms with E-state index in [1.54, 1.807) is 6.07 Å². The Morgan fingerprint density at radius 2 is 1.89 bits per heavy atom. The molecule has 0 saturated heterocycles. The second-order valence-corrected chi connectivity index (χ2v) is 6.42. The van der Waals surface area contributed by atoms with Gasteiger partial charge in [-0.05, 0) is 42.5 Å². The molecule has 1 rings (SSSR count). The van der Waals surface area contributed by atoms with Crippen LogP contribution in [0.5, 0.6) is 0 Å². The summed E-state index contributed by atoms with van der Waals surface area (Å²) in [7, 11) is 0. The van der Waals surface area contributed by atoms with E-state index in [1.165, 1.54) is 0 Å². The van der Waals surface area contributed by atoms with Crippen LogP contribution in [0.1, 0.15) is 33.3 Å². The first-order valence-corrected chi connectivity index (χ1v) is 7.36. The second kappa shape index (κ2) is 7.25. The molecule has 0 aliphatic carbocycles. The number of nitrogens with one attached hydrogen (secondary N) is 1. The monoisotopic (exact) mass is 315 g/mol. The van der Waals surface area contributed by atoms with Gasteiger partial charge in [-0.25, -0.2) is 4.39 Å². The molecule has 0 spiro atoms. The van der Waals surface area contributed by atoms with Crippen LogP contribution in [0.2, 0.25) is 0 Å². The van der Waals surface area contributed by atoms with Gasteiger partial charge in [0.15, 0.2) is 0 Å². The Labute approximate surface area is 118 Å². The summed E-state index contributed by atoms with van der Waals surface area (Å²) in [6.07, 6.45) is 0.788. The summed E-state index contributed by atoms with van der Waals surface area (Å²) in [6, 6.07) is 5.80. The van der Waals surface area contributed by atoms with Gasteiger partial charge in [0.25, 0.3) is 0 Å². The Morgan fingerprint density at radius 3 is 2.39 bits per heavy atom. The Bertz CT molecular complexity index is 377. The van der Waals surface area contributed by atoms with Crippen molar-refractivity contribution in [2.45, 2.75) is 40.2 Å². The lowest BCUT2D eigenvalue weighted by molar-refractivity contribution is 0.345. The normalized spacial score (nSPS) is 13.3. The minimum atomic E-state index is -0.112. The predicted octanol–water partition coefficient (Wildman–Crippen LogP) is 4.40. The van der Waals surface area contributed by atoms with Crippen LogP contribution in [-0.2, 0) is 6.42 Å². The van der Waals surface area contributed by atoms with Crippen LogP contribution in [0.25, 0.3) is 0 Å². The van der Waals surface area contributed by atoms with Crippen molar-refractivity contribution in [3.8, 4) is 0 Å². The summed E-state index contributed by atoms with van der Waals surface area (Å²) in [4.78, 5) is 0. The van der Waals surface area contributed by atoms with E-state index in [1.807, 2.05) is 12.1 Å². The molecule has 1 unspecified atom stereocenters. The molecule has 1 atom stereocenters. The minimum Gasteiger partial charge on any atom is -0.314 e. The van der Waals surface area contributed by atoms with Gasteiger partial charge in [0.1, 0.15) is 5.82 Å². The third-order valence-corrected chi connectivity index (χ3v) is 3.72. The van der Waals surface area contributed by atoms with E-state index in [2.05, 4.69) is 48.9 Å². The van der Waals surface area contributed by atoms with Crippen LogP contribution in [-0.4, -0.2) is 12.6 Å². The van der Waals surface area contributed by atoms with Crippen LogP contribution in [0.4, 0.5) is 4.39 Å². The summed E-state index contributed by atoms with van der Waals surface area (Å²) >= 11 is 3.29. The van der Waals surface area contributed by atoms with Crippen LogP contribution in [0.3, 0.4) is 0 Å². The van der Waals surface area contributed by atoms with Crippen molar-refractivity contribution in [1.82, 2.24) is 5.32 Å². The molecule has 1 aromatic carbocycles. The van der Waals surface area contributed by atoms with Gasteiger partial charge in [0.2, 0.25) is 0 Å². The van der Waals surface area contributed by atoms with Gasteiger partial charge in [-0.1, -0.05) is 49.7 Å². The van der Waals surface area contributed by atoms with E-state index in [0.29, 0.717) is 17.9 Å². The molecular weight excluding hydrogens is 293 g/mol. The number of hydrogen-bond donors (Lipinski definition) is 1. The summed E-state index contributed by atoms with van der Waals surface area (Å²) < 4.78 is 14.6. The fourth-order valence-electron chi connectivity index (χ4n) is 1.90. The van der Waals surface area contributed by atoms with Crippen LogP contribution in [0.15, 0.2) is 22.7 Å². The Kier molecular flexibility index (Phi) is 6.30.